The highest BCUT2D eigenvalue weighted by atomic mass is 16.6. The monoisotopic (exact) mass is 456 g/mol. The molecule has 4 aliphatic rings. The van der Waals surface area contributed by atoms with Gasteiger partial charge in [-0.25, -0.2) is 4.79 Å². The standard InChI is InChI=1S/C23H28N4O6/c1-23(2,3)33-22(31)25-8-9-26-13(10-25)12-32-19-15-11-27(17-6-7-18(28)24-20(17)29)21(30)14(15)4-5-16(19)26/h4-5,13,17H,6-12H2,1-3H3,(H,24,28,29)/t13-,17+/m1/s1. The number of fused-ring (bicyclic) bond motifs is 5. The van der Waals surface area contributed by atoms with E-state index in [1.54, 1.807) is 11.0 Å². The van der Waals surface area contributed by atoms with Gasteiger partial charge in [-0.2, -0.15) is 0 Å². The summed E-state index contributed by atoms with van der Waals surface area (Å²) in [7, 11) is 0. The molecule has 10 nitrogen and oxygen atoms in total. The van der Waals surface area contributed by atoms with Gasteiger partial charge in [0.25, 0.3) is 5.91 Å². The number of ether oxygens (including phenoxy) is 2. The van der Waals surface area contributed by atoms with E-state index in [0.717, 1.165) is 11.3 Å². The van der Waals surface area contributed by atoms with E-state index in [-0.39, 0.29) is 36.9 Å². The number of benzene rings is 1. The van der Waals surface area contributed by atoms with Crippen molar-refractivity contribution in [2.45, 2.75) is 57.8 Å². The SMILES string of the molecule is CC(C)(C)OC(=O)N1CCN2c3ccc4c(c3OC[C@H]2C1)CN([C@H]1CCC(=O)NC1=O)C4=O. The van der Waals surface area contributed by atoms with Crippen molar-refractivity contribution in [3.8, 4) is 5.75 Å². The highest BCUT2D eigenvalue weighted by Crippen LogP contribution is 2.43. The second-order valence-electron chi connectivity index (χ2n) is 9.92. The molecule has 0 saturated carbocycles. The van der Waals surface area contributed by atoms with Gasteiger partial charge < -0.3 is 24.2 Å². The molecule has 2 saturated heterocycles. The van der Waals surface area contributed by atoms with E-state index in [9.17, 15) is 19.2 Å². The lowest BCUT2D eigenvalue weighted by Crippen LogP contribution is -2.59. The fraction of sp³-hybridized carbons (Fsp3) is 0.565. The van der Waals surface area contributed by atoms with E-state index in [1.165, 1.54) is 4.90 Å². The van der Waals surface area contributed by atoms with Gasteiger partial charge in [-0.3, -0.25) is 19.7 Å². The van der Waals surface area contributed by atoms with Crippen LogP contribution in [0.25, 0.3) is 0 Å². The van der Waals surface area contributed by atoms with E-state index in [0.29, 0.717) is 44.0 Å². The Bertz CT molecular complexity index is 1050. The highest BCUT2D eigenvalue weighted by molar-refractivity contribution is 6.06. The van der Waals surface area contributed by atoms with Gasteiger partial charge in [0.2, 0.25) is 11.8 Å². The molecule has 2 fully saturated rings. The quantitative estimate of drug-likeness (QED) is 0.634. The van der Waals surface area contributed by atoms with E-state index in [1.807, 2.05) is 26.8 Å². The van der Waals surface area contributed by atoms with Gasteiger partial charge in [0, 0.05) is 37.2 Å². The van der Waals surface area contributed by atoms with E-state index < -0.39 is 17.6 Å². The lowest BCUT2D eigenvalue weighted by Gasteiger charge is -2.45. The van der Waals surface area contributed by atoms with E-state index in [2.05, 4.69) is 10.2 Å². The molecule has 2 atom stereocenters. The molecule has 4 aliphatic heterocycles. The molecule has 0 bridgehead atoms. The van der Waals surface area contributed by atoms with E-state index >= 15 is 0 Å². The minimum atomic E-state index is -0.660. The van der Waals surface area contributed by atoms with Crippen molar-refractivity contribution >= 4 is 29.5 Å². The van der Waals surface area contributed by atoms with E-state index in [4.69, 9.17) is 9.47 Å². The molecule has 1 N–H and O–H groups in total. The van der Waals surface area contributed by atoms with Crippen molar-refractivity contribution < 1.29 is 28.7 Å². The molecule has 0 unspecified atom stereocenters. The second kappa shape index (κ2) is 7.64. The summed E-state index contributed by atoms with van der Waals surface area (Å²) in [4.78, 5) is 54.9. The fourth-order valence-corrected chi connectivity index (χ4v) is 4.98. The first-order chi connectivity index (χ1) is 15.6. The number of hydrogen-bond acceptors (Lipinski definition) is 7. The predicted octanol–water partition coefficient (Wildman–Crippen LogP) is 1.27. The van der Waals surface area contributed by atoms with Gasteiger partial charge in [-0.15, -0.1) is 0 Å². The van der Waals surface area contributed by atoms with Crippen LogP contribution in [0.4, 0.5) is 10.5 Å². The highest BCUT2D eigenvalue weighted by Gasteiger charge is 2.43. The number of imide groups is 1. The molecule has 1 aromatic rings. The molecule has 5 rings (SSSR count). The van der Waals surface area contributed by atoms with Gasteiger partial charge in [0.1, 0.15) is 24.0 Å². The fourth-order valence-electron chi connectivity index (χ4n) is 4.98. The maximum atomic E-state index is 13.1. The Balaban J connectivity index is 1.34. The summed E-state index contributed by atoms with van der Waals surface area (Å²) in [6, 6.07) is 3.00. The third kappa shape index (κ3) is 3.77. The zero-order chi connectivity index (χ0) is 23.5. The maximum absolute atomic E-state index is 13.1. The number of amides is 4. The van der Waals surface area contributed by atoms with Gasteiger partial charge in [0.05, 0.1) is 18.3 Å². The lowest BCUT2D eigenvalue weighted by molar-refractivity contribution is -0.136. The number of nitrogens with one attached hydrogen (secondary N) is 1. The summed E-state index contributed by atoms with van der Waals surface area (Å²) in [5, 5.41) is 2.33. The van der Waals surface area contributed by atoms with Crippen LogP contribution < -0.4 is 15.0 Å². The first kappa shape index (κ1) is 21.5. The molecule has 10 heteroatoms. The molecule has 4 heterocycles. The Labute approximate surface area is 191 Å². The Morgan fingerprint density at radius 3 is 2.67 bits per heavy atom. The number of carbonyl (C=O) groups excluding carboxylic acids is 4. The van der Waals surface area contributed by atoms with Crippen LogP contribution in [-0.4, -0.2) is 77.5 Å². The smallest absolute Gasteiger partial charge is 0.410 e. The number of nitrogens with zero attached hydrogens (tertiary/aromatic N) is 3. The Hall–Kier alpha value is -3.30. The summed E-state index contributed by atoms with van der Waals surface area (Å²) in [6.45, 7) is 7.85. The summed E-state index contributed by atoms with van der Waals surface area (Å²) >= 11 is 0. The zero-order valence-electron chi connectivity index (χ0n) is 19.1. The summed E-state index contributed by atoms with van der Waals surface area (Å²) in [5.74, 6) is -0.293. The summed E-state index contributed by atoms with van der Waals surface area (Å²) < 4.78 is 11.7. The third-order valence-corrected chi connectivity index (χ3v) is 6.51. The molecular formula is C23H28N4O6. The second-order valence-corrected chi connectivity index (χ2v) is 9.92. The Morgan fingerprint density at radius 2 is 1.94 bits per heavy atom. The molecule has 4 amide bonds. The largest absolute Gasteiger partial charge is 0.489 e. The van der Waals surface area contributed by atoms with Gasteiger partial charge in [-0.1, -0.05) is 0 Å². The maximum Gasteiger partial charge on any atom is 0.410 e. The van der Waals surface area contributed by atoms with Gasteiger partial charge >= 0.3 is 6.09 Å². The van der Waals surface area contributed by atoms with Crippen molar-refractivity contribution in [1.82, 2.24) is 15.1 Å². The average molecular weight is 456 g/mol. The normalized spacial score (nSPS) is 24.6. The van der Waals surface area contributed by atoms with Crippen molar-refractivity contribution in [2.24, 2.45) is 0 Å². The molecule has 33 heavy (non-hydrogen) atoms. The predicted molar refractivity (Wildman–Crippen MR) is 117 cm³/mol. The molecule has 0 aliphatic carbocycles. The average Bonchev–Trinajstić information content (AvgIpc) is 3.08. The first-order valence-corrected chi connectivity index (χ1v) is 11.3. The number of anilines is 1. The third-order valence-electron chi connectivity index (χ3n) is 6.51. The van der Waals surface area contributed by atoms with Crippen molar-refractivity contribution in [3.63, 3.8) is 0 Å². The molecular weight excluding hydrogens is 428 g/mol. The van der Waals surface area contributed by atoms with Crippen LogP contribution in [-0.2, 0) is 20.9 Å². The number of piperidine rings is 1. The van der Waals surface area contributed by atoms with Crippen LogP contribution in [0.15, 0.2) is 12.1 Å². The molecule has 0 aromatic heterocycles. The molecule has 1 aromatic carbocycles. The van der Waals surface area contributed by atoms with Crippen LogP contribution in [0, 0.1) is 0 Å². The minimum Gasteiger partial charge on any atom is -0.489 e. The van der Waals surface area contributed by atoms with Gasteiger partial charge in [-0.05, 0) is 39.3 Å². The lowest BCUT2D eigenvalue weighted by atomic mass is 10.0. The van der Waals surface area contributed by atoms with Crippen LogP contribution in [0.3, 0.4) is 0 Å². The van der Waals surface area contributed by atoms with Crippen molar-refractivity contribution in [1.29, 1.82) is 0 Å². The van der Waals surface area contributed by atoms with Crippen LogP contribution >= 0.6 is 0 Å². The topological polar surface area (TPSA) is 108 Å². The number of hydrogen-bond donors (Lipinski definition) is 1. The van der Waals surface area contributed by atoms with Crippen LogP contribution in [0.1, 0.15) is 49.5 Å². The summed E-state index contributed by atoms with van der Waals surface area (Å²) in [6.07, 6.45) is 0.212. The number of carbonyl (C=O) groups is 4. The number of piperazine rings is 1. The van der Waals surface area contributed by atoms with Crippen LogP contribution in [0.2, 0.25) is 0 Å². The van der Waals surface area contributed by atoms with Gasteiger partial charge in [0.15, 0.2) is 0 Å². The molecule has 0 radical (unpaired) electrons. The van der Waals surface area contributed by atoms with Crippen molar-refractivity contribution in [3.05, 3.63) is 23.3 Å². The molecule has 176 valence electrons. The Kier molecular flexibility index (Phi) is 4.98. The minimum absolute atomic E-state index is 0.0137. The Morgan fingerprint density at radius 1 is 1.15 bits per heavy atom. The van der Waals surface area contributed by atoms with Crippen molar-refractivity contribution in [2.75, 3.05) is 31.1 Å². The molecule has 0 spiro atoms. The van der Waals surface area contributed by atoms with Crippen LogP contribution in [0.5, 0.6) is 5.75 Å². The first-order valence-electron chi connectivity index (χ1n) is 11.3. The zero-order valence-corrected chi connectivity index (χ0v) is 19.1. The summed E-state index contributed by atoms with van der Waals surface area (Å²) in [5.41, 5.74) is 1.65. The number of rotatable bonds is 1.